The summed E-state index contributed by atoms with van der Waals surface area (Å²) >= 11 is 0. The second-order valence-corrected chi connectivity index (χ2v) is 7.18. The summed E-state index contributed by atoms with van der Waals surface area (Å²) in [6.07, 6.45) is 3.33. The van der Waals surface area contributed by atoms with Crippen molar-refractivity contribution in [3.63, 3.8) is 0 Å². The number of carbonyl (C=O) groups is 2. The van der Waals surface area contributed by atoms with E-state index in [-0.39, 0.29) is 24.3 Å². The summed E-state index contributed by atoms with van der Waals surface area (Å²) < 4.78 is 12.9. The number of halogens is 1. The first-order chi connectivity index (χ1) is 12.3. The van der Waals surface area contributed by atoms with Crippen LogP contribution in [0.2, 0.25) is 0 Å². The average Bonchev–Trinajstić information content (AvgIpc) is 2.59. The third-order valence-corrected chi connectivity index (χ3v) is 4.13. The number of urea groups is 1. The number of hydrogen-bond donors (Lipinski definition) is 3. The van der Waals surface area contributed by atoms with Crippen molar-refractivity contribution in [1.29, 1.82) is 0 Å². The Kier molecular flexibility index (Phi) is 9.70. The van der Waals surface area contributed by atoms with Crippen molar-refractivity contribution in [2.24, 2.45) is 5.92 Å². The molecular weight excluding hydrogens is 333 g/mol. The van der Waals surface area contributed by atoms with E-state index in [1.54, 1.807) is 12.1 Å². The molecule has 0 bridgehead atoms. The molecule has 26 heavy (non-hydrogen) atoms. The van der Waals surface area contributed by atoms with Gasteiger partial charge in [-0.15, -0.1) is 0 Å². The first kappa shape index (κ1) is 21.9. The molecule has 146 valence electrons. The van der Waals surface area contributed by atoms with Gasteiger partial charge in [0.1, 0.15) is 11.9 Å². The molecule has 0 aliphatic carbocycles. The molecule has 3 N–H and O–H groups in total. The molecule has 0 unspecified atom stereocenters. The monoisotopic (exact) mass is 365 g/mol. The van der Waals surface area contributed by atoms with Gasteiger partial charge in [0, 0.05) is 12.6 Å². The van der Waals surface area contributed by atoms with Crippen LogP contribution < -0.4 is 16.0 Å². The van der Waals surface area contributed by atoms with E-state index in [2.05, 4.69) is 29.8 Å². The Labute approximate surface area is 156 Å². The minimum absolute atomic E-state index is 0.0772. The lowest BCUT2D eigenvalue weighted by Crippen LogP contribution is -2.51. The van der Waals surface area contributed by atoms with E-state index in [0.717, 1.165) is 24.8 Å². The molecule has 0 saturated heterocycles. The lowest BCUT2D eigenvalue weighted by Gasteiger charge is -2.21. The molecule has 0 fully saturated rings. The van der Waals surface area contributed by atoms with Gasteiger partial charge in [-0.05, 0) is 49.8 Å². The Morgan fingerprint density at radius 3 is 2.23 bits per heavy atom. The Bertz CT molecular complexity index is 561. The Balaban J connectivity index is 2.47. The zero-order chi connectivity index (χ0) is 19.5. The molecular formula is C20H32FN3O2. The lowest BCUT2D eigenvalue weighted by molar-refractivity contribution is -0.123. The fourth-order valence-corrected chi connectivity index (χ4v) is 2.55. The minimum atomic E-state index is -0.560. The van der Waals surface area contributed by atoms with E-state index in [0.29, 0.717) is 12.3 Å². The standard InChI is InChI=1S/C20H32FN3O2/c1-5-6-18(19(25)23-15(4)8-7-14(2)3)24-20(26)22-13-16-9-11-17(21)12-10-16/h9-12,14-15,18H,5-8,13H2,1-4H3,(H,23,25)(H2,22,24,26)/t15-,18+/m0/s1. The largest absolute Gasteiger partial charge is 0.352 e. The highest BCUT2D eigenvalue weighted by atomic mass is 19.1. The highest BCUT2D eigenvalue weighted by molar-refractivity contribution is 5.87. The number of amides is 3. The van der Waals surface area contributed by atoms with Gasteiger partial charge in [0.15, 0.2) is 0 Å². The summed E-state index contributed by atoms with van der Waals surface area (Å²) in [6, 6.07) is 5.03. The van der Waals surface area contributed by atoms with Crippen LogP contribution in [0, 0.1) is 11.7 Å². The topological polar surface area (TPSA) is 70.2 Å². The number of hydrogen-bond acceptors (Lipinski definition) is 2. The van der Waals surface area contributed by atoms with Gasteiger partial charge in [0.05, 0.1) is 0 Å². The molecule has 5 nitrogen and oxygen atoms in total. The molecule has 0 aliphatic heterocycles. The van der Waals surface area contributed by atoms with Crippen molar-refractivity contribution in [3.05, 3.63) is 35.6 Å². The average molecular weight is 365 g/mol. The molecule has 2 atom stereocenters. The third kappa shape index (κ3) is 8.83. The summed E-state index contributed by atoms with van der Waals surface area (Å²) in [5, 5.41) is 8.42. The van der Waals surface area contributed by atoms with Crippen LogP contribution in [0.15, 0.2) is 24.3 Å². The molecule has 1 rings (SSSR count). The van der Waals surface area contributed by atoms with E-state index in [1.807, 2.05) is 13.8 Å². The molecule has 0 saturated carbocycles. The number of benzene rings is 1. The number of rotatable bonds is 10. The fraction of sp³-hybridized carbons (Fsp3) is 0.600. The molecule has 0 radical (unpaired) electrons. The van der Waals surface area contributed by atoms with Crippen LogP contribution in [0.4, 0.5) is 9.18 Å². The normalized spacial score (nSPS) is 13.2. The second kappa shape index (κ2) is 11.5. The summed E-state index contributed by atoms with van der Waals surface area (Å²) in [6.45, 7) is 8.54. The minimum Gasteiger partial charge on any atom is -0.352 e. The van der Waals surface area contributed by atoms with Gasteiger partial charge in [-0.25, -0.2) is 9.18 Å². The molecule has 0 spiro atoms. The van der Waals surface area contributed by atoms with Crippen LogP contribution in [0.1, 0.15) is 58.9 Å². The SMILES string of the molecule is CCC[C@@H](NC(=O)NCc1ccc(F)cc1)C(=O)N[C@@H](C)CCC(C)C. The van der Waals surface area contributed by atoms with Crippen LogP contribution in [0.25, 0.3) is 0 Å². The van der Waals surface area contributed by atoms with E-state index >= 15 is 0 Å². The van der Waals surface area contributed by atoms with Gasteiger partial charge in [0.2, 0.25) is 5.91 Å². The van der Waals surface area contributed by atoms with Gasteiger partial charge >= 0.3 is 6.03 Å². The molecule has 0 aliphatic rings. The molecule has 0 aromatic heterocycles. The van der Waals surface area contributed by atoms with E-state index < -0.39 is 12.1 Å². The number of carbonyl (C=O) groups excluding carboxylic acids is 2. The summed E-state index contributed by atoms with van der Waals surface area (Å²) in [4.78, 5) is 24.5. The molecule has 6 heteroatoms. The van der Waals surface area contributed by atoms with Gasteiger partial charge in [-0.2, -0.15) is 0 Å². The molecule has 3 amide bonds. The lowest BCUT2D eigenvalue weighted by atomic mass is 10.0. The van der Waals surface area contributed by atoms with Crippen molar-refractivity contribution in [2.45, 2.75) is 72.0 Å². The van der Waals surface area contributed by atoms with Crippen molar-refractivity contribution in [3.8, 4) is 0 Å². The van der Waals surface area contributed by atoms with Crippen LogP contribution >= 0.6 is 0 Å². The van der Waals surface area contributed by atoms with Crippen molar-refractivity contribution in [1.82, 2.24) is 16.0 Å². The Morgan fingerprint density at radius 2 is 1.65 bits per heavy atom. The zero-order valence-corrected chi connectivity index (χ0v) is 16.3. The van der Waals surface area contributed by atoms with Crippen LogP contribution in [-0.2, 0) is 11.3 Å². The van der Waals surface area contributed by atoms with Gasteiger partial charge in [-0.1, -0.05) is 39.3 Å². The Morgan fingerprint density at radius 1 is 1.00 bits per heavy atom. The second-order valence-electron chi connectivity index (χ2n) is 7.18. The number of nitrogens with one attached hydrogen (secondary N) is 3. The Hall–Kier alpha value is -2.11. The van der Waals surface area contributed by atoms with Crippen molar-refractivity contribution < 1.29 is 14.0 Å². The quantitative estimate of drug-likeness (QED) is 0.591. The van der Waals surface area contributed by atoms with Crippen LogP contribution in [-0.4, -0.2) is 24.0 Å². The summed E-state index contributed by atoms with van der Waals surface area (Å²) in [5.41, 5.74) is 0.792. The van der Waals surface area contributed by atoms with E-state index in [4.69, 9.17) is 0 Å². The smallest absolute Gasteiger partial charge is 0.315 e. The van der Waals surface area contributed by atoms with Crippen LogP contribution in [0.3, 0.4) is 0 Å². The van der Waals surface area contributed by atoms with E-state index in [1.165, 1.54) is 12.1 Å². The maximum Gasteiger partial charge on any atom is 0.315 e. The fourth-order valence-electron chi connectivity index (χ4n) is 2.55. The van der Waals surface area contributed by atoms with Crippen LogP contribution in [0.5, 0.6) is 0 Å². The predicted octanol–water partition coefficient (Wildman–Crippen LogP) is 3.73. The van der Waals surface area contributed by atoms with Gasteiger partial charge in [0.25, 0.3) is 0 Å². The highest BCUT2D eigenvalue weighted by Crippen LogP contribution is 2.07. The van der Waals surface area contributed by atoms with Crippen molar-refractivity contribution in [2.75, 3.05) is 0 Å². The third-order valence-electron chi connectivity index (χ3n) is 4.13. The molecule has 0 heterocycles. The highest BCUT2D eigenvalue weighted by Gasteiger charge is 2.21. The van der Waals surface area contributed by atoms with Crippen molar-refractivity contribution >= 4 is 11.9 Å². The molecule has 1 aromatic carbocycles. The maximum absolute atomic E-state index is 12.9. The van der Waals surface area contributed by atoms with Gasteiger partial charge in [-0.3, -0.25) is 4.79 Å². The summed E-state index contributed by atoms with van der Waals surface area (Å²) in [5.74, 6) is 0.126. The van der Waals surface area contributed by atoms with E-state index in [9.17, 15) is 14.0 Å². The maximum atomic E-state index is 12.9. The first-order valence-corrected chi connectivity index (χ1v) is 9.41. The molecule has 1 aromatic rings. The first-order valence-electron chi connectivity index (χ1n) is 9.41. The zero-order valence-electron chi connectivity index (χ0n) is 16.3. The summed E-state index contributed by atoms with van der Waals surface area (Å²) in [7, 11) is 0. The predicted molar refractivity (Wildman–Crippen MR) is 102 cm³/mol. The van der Waals surface area contributed by atoms with Gasteiger partial charge < -0.3 is 16.0 Å².